The van der Waals surface area contributed by atoms with Crippen LogP contribution in [0.1, 0.15) is 39.7 Å². The lowest BCUT2D eigenvalue weighted by molar-refractivity contribution is -0.109. The number of benzene rings is 2. The van der Waals surface area contributed by atoms with Crippen LogP contribution in [0.4, 0.5) is 0 Å². The molecule has 1 aliphatic rings. The maximum absolute atomic E-state index is 14.0. The third-order valence-corrected chi connectivity index (χ3v) is 7.52. The number of amides is 1. The molecule has 10 heteroatoms. The third-order valence-electron chi connectivity index (χ3n) is 7.04. The van der Waals surface area contributed by atoms with Gasteiger partial charge in [0.05, 0.1) is 29.4 Å². The zero-order valence-corrected chi connectivity index (χ0v) is 23.7. The van der Waals surface area contributed by atoms with Gasteiger partial charge in [-0.3, -0.25) is 19.6 Å². The Labute approximate surface area is 238 Å². The first-order chi connectivity index (χ1) is 18.7. The number of methoxy groups -OCH3 is 1. The van der Waals surface area contributed by atoms with Crippen molar-refractivity contribution in [3.63, 3.8) is 0 Å². The molecular weight excluding hydrogens is 539 g/mol. The van der Waals surface area contributed by atoms with Gasteiger partial charge in [-0.05, 0) is 49.9 Å². The van der Waals surface area contributed by atoms with E-state index in [1.165, 1.54) is 6.20 Å². The molecule has 39 heavy (non-hydrogen) atoms. The average Bonchev–Trinajstić information content (AvgIpc) is 3.16. The van der Waals surface area contributed by atoms with E-state index in [1.807, 2.05) is 30.1 Å². The Hall–Kier alpha value is -2.85. The molecule has 0 spiro atoms. The Kier molecular flexibility index (Phi) is 9.06. The van der Waals surface area contributed by atoms with Crippen molar-refractivity contribution in [3.8, 4) is 0 Å². The summed E-state index contributed by atoms with van der Waals surface area (Å²) in [5.41, 5.74) is 0.395. The highest BCUT2D eigenvalue weighted by molar-refractivity contribution is 6.30. The van der Waals surface area contributed by atoms with E-state index in [9.17, 15) is 14.7 Å². The zero-order chi connectivity index (χ0) is 28.2. The molecule has 2 aromatic carbocycles. The highest BCUT2D eigenvalue weighted by atomic mass is 35.5. The summed E-state index contributed by atoms with van der Waals surface area (Å²) < 4.78 is 6.19. The van der Waals surface area contributed by atoms with E-state index in [1.54, 1.807) is 55.3 Å². The van der Waals surface area contributed by atoms with Crippen LogP contribution in [0.2, 0.25) is 10.0 Å². The smallest absolute Gasteiger partial charge is 0.257 e. The van der Waals surface area contributed by atoms with E-state index in [-0.39, 0.29) is 25.5 Å². The minimum atomic E-state index is -1.33. The molecule has 3 aromatic rings. The molecule has 8 nitrogen and oxygen atoms in total. The second-order valence-corrected chi connectivity index (χ2v) is 10.6. The van der Waals surface area contributed by atoms with Crippen molar-refractivity contribution in [1.29, 1.82) is 0 Å². The van der Waals surface area contributed by atoms with Crippen LogP contribution in [0.25, 0.3) is 0 Å². The number of aliphatic hydroxyl groups is 1. The molecule has 1 unspecified atom stereocenters. The van der Waals surface area contributed by atoms with Gasteiger partial charge in [-0.1, -0.05) is 47.5 Å². The van der Waals surface area contributed by atoms with Crippen LogP contribution in [-0.4, -0.2) is 72.4 Å². The van der Waals surface area contributed by atoms with Gasteiger partial charge in [0.1, 0.15) is 6.29 Å². The van der Waals surface area contributed by atoms with Crippen molar-refractivity contribution >= 4 is 35.4 Å². The van der Waals surface area contributed by atoms with Gasteiger partial charge in [-0.15, -0.1) is 0 Å². The molecule has 206 valence electrons. The summed E-state index contributed by atoms with van der Waals surface area (Å²) in [4.78, 5) is 33.2. The van der Waals surface area contributed by atoms with Crippen molar-refractivity contribution in [2.45, 2.75) is 24.8 Å². The van der Waals surface area contributed by atoms with Gasteiger partial charge in [0.2, 0.25) is 0 Å². The number of aldehydes is 1. The number of halogens is 2. The van der Waals surface area contributed by atoms with Crippen LogP contribution < -0.4 is 5.32 Å². The van der Waals surface area contributed by atoms with Crippen LogP contribution >= 0.6 is 23.2 Å². The van der Waals surface area contributed by atoms with Gasteiger partial charge < -0.3 is 20.0 Å². The molecule has 4 rings (SSSR count). The van der Waals surface area contributed by atoms with Gasteiger partial charge in [-0.2, -0.15) is 0 Å². The lowest BCUT2D eigenvalue weighted by atomic mass is 9.88. The Bertz CT molecular complexity index is 1320. The minimum absolute atomic E-state index is 0.157. The van der Waals surface area contributed by atoms with Crippen molar-refractivity contribution in [2.75, 3.05) is 40.3 Å². The number of nitrogens with zero attached hydrogens (tertiary/aromatic N) is 3. The molecular formula is C29H32Cl2N4O4. The number of hydrogen-bond acceptors (Lipinski definition) is 7. The summed E-state index contributed by atoms with van der Waals surface area (Å²) in [5, 5.41) is 15.6. The standard InChI is InChI=1S/C29H32Cl2N4O4/c1-28(38,19-34(14-15-36)13-12-32-2)21-6-11-26-25(16-21)27(37)35(18-24-10-9-23(31)17-33-24)29(26,39-3)20-4-7-22(30)8-5-20/h4-11,15-17,32,38H,12-14,18-19H2,1-3H3/t28?,29-/m1/s1. The van der Waals surface area contributed by atoms with Crippen LogP contribution in [0.5, 0.6) is 0 Å². The second-order valence-electron chi connectivity index (χ2n) is 9.75. The fourth-order valence-electron chi connectivity index (χ4n) is 5.09. The maximum Gasteiger partial charge on any atom is 0.257 e. The van der Waals surface area contributed by atoms with Gasteiger partial charge >= 0.3 is 0 Å². The minimum Gasteiger partial charge on any atom is -0.384 e. The fourth-order valence-corrected chi connectivity index (χ4v) is 5.33. The van der Waals surface area contributed by atoms with E-state index >= 15 is 0 Å². The van der Waals surface area contributed by atoms with Gasteiger partial charge in [-0.25, -0.2) is 0 Å². The number of rotatable bonds is 12. The highest BCUT2D eigenvalue weighted by Gasteiger charge is 2.52. The van der Waals surface area contributed by atoms with E-state index in [0.717, 1.165) is 11.8 Å². The molecule has 0 radical (unpaired) electrons. The summed E-state index contributed by atoms with van der Waals surface area (Å²) >= 11 is 12.2. The fraction of sp³-hybridized carbons (Fsp3) is 0.345. The molecule has 0 fully saturated rings. The topological polar surface area (TPSA) is 95.0 Å². The number of carbonyl (C=O) groups excluding carboxylic acids is 2. The van der Waals surface area contributed by atoms with Crippen LogP contribution in [0.15, 0.2) is 60.8 Å². The number of likely N-dealkylation sites (N-methyl/N-ethyl adjacent to an activating group) is 1. The number of aromatic nitrogens is 1. The number of carbonyl (C=O) groups is 2. The molecule has 0 bridgehead atoms. The highest BCUT2D eigenvalue weighted by Crippen LogP contribution is 2.46. The van der Waals surface area contributed by atoms with Gasteiger partial charge in [0.15, 0.2) is 5.72 Å². The van der Waals surface area contributed by atoms with Crippen molar-refractivity contribution in [3.05, 3.63) is 98.8 Å². The number of ether oxygens (including phenoxy) is 1. The lowest BCUT2D eigenvalue weighted by Gasteiger charge is -2.38. The zero-order valence-electron chi connectivity index (χ0n) is 22.2. The molecule has 0 saturated heterocycles. The molecule has 1 aliphatic heterocycles. The Morgan fingerprint density at radius 3 is 2.49 bits per heavy atom. The molecule has 0 aliphatic carbocycles. The van der Waals surface area contributed by atoms with Crippen molar-refractivity contribution in [2.24, 2.45) is 0 Å². The largest absolute Gasteiger partial charge is 0.384 e. The average molecular weight is 572 g/mol. The monoisotopic (exact) mass is 570 g/mol. The molecule has 1 aromatic heterocycles. The van der Waals surface area contributed by atoms with Crippen LogP contribution in [0.3, 0.4) is 0 Å². The molecule has 2 atom stereocenters. The number of nitrogens with one attached hydrogen (secondary N) is 1. The van der Waals surface area contributed by atoms with E-state index in [0.29, 0.717) is 45.5 Å². The Morgan fingerprint density at radius 2 is 1.87 bits per heavy atom. The SMILES string of the molecule is CNCCN(CC=O)CC(C)(O)c1ccc2c(c1)C(=O)N(Cc1ccc(Cl)cn1)[C@@]2(OC)c1ccc(Cl)cc1. The quantitative estimate of drug-likeness (QED) is 0.319. The maximum atomic E-state index is 14.0. The summed E-state index contributed by atoms with van der Waals surface area (Å²) in [6, 6.07) is 16.0. The molecule has 2 heterocycles. The van der Waals surface area contributed by atoms with Crippen molar-refractivity contribution < 1.29 is 19.4 Å². The van der Waals surface area contributed by atoms with E-state index < -0.39 is 11.3 Å². The molecule has 1 amide bonds. The number of fused-ring (bicyclic) bond motifs is 1. The summed E-state index contributed by atoms with van der Waals surface area (Å²) in [7, 11) is 3.39. The van der Waals surface area contributed by atoms with E-state index in [2.05, 4.69) is 10.3 Å². The summed E-state index contributed by atoms with van der Waals surface area (Å²) in [5.74, 6) is -0.267. The van der Waals surface area contributed by atoms with Crippen molar-refractivity contribution in [1.82, 2.24) is 20.1 Å². The lowest BCUT2D eigenvalue weighted by Crippen LogP contribution is -2.45. The van der Waals surface area contributed by atoms with Gasteiger partial charge in [0.25, 0.3) is 5.91 Å². The molecule has 2 N–H and O–H groups in total. The van der Waals surface area contributed by atoms with Crippen LogP contribution in [0, 0.1) is 0 Å². The summed E-state index contributed by atoms with van der Waals surface area (Å²) in [6.45, 7) is 3.49. The first-order valence-corrected chi connectivity index (χ1v) is 13.3. The van der Waals surface area contributed by atoms with E-state index in [4.69, 9.17) is 27.9 Å². The normalized spacial score (nSPS) is 18.3. The molecule has 0 saturated carbocycles. The Morgan fingerprint density at radius 1 is 1.15 bits per heavy atom. The van der Waals surface area contributed by atoms with Crippen LogP contribution in [-0.2, 0) is 27.4 Å². The second kappa shape index (κ2) is 12.1. The predicted octanol–water partition coefficient (Wildman–Crippen LogP) is 3.82. The predicted molar refractivity (Wildman–Crippen MR) is 151 cm³/mol. The number of pyridine rings is 1. The third kappa shape index (κ3) is 5.87. The first-order valence-electron chi connectivity index (χ1n) is 12.6. The number of hydrogen-bond donors (Lipinski definition) is 2. The summed E-state index contributed by atoms with van der Waals surface area (Å²) in [6.07, 6.45) is 2.36. The Balaban J connectivity index is 1.79. The first kappa shape index (κ1) is 29.1. The van der Waals surface area contributed by atoms with Gasteiger partial charge in [0, 0.05) is 54.7 Å².